The van der Waals surface area contributed by atoms with Crippen molar-refractivity contribution in [3.63, 3.8) is 0 Å². The highest BCUT2D eigenvalue weighted by molar-refractivity contribution is 6.00. The number of carbonyl (C=O) groups excluding carboxylic acids is 2. The minimum atomic E-state index is -0.521. The molecule has 3 heterocycles. The Morgan fingerprint density at radius 2 is 1.95 bits per heavy atom. The van der Waals surface area contributed by atoms with Crippen molar-refractivity contribution in [2.24, 2.45) is 28.5 Å². The molecule has 204 valence electrons. The highest BCUT2D eigenvalue weighted by Gasteiger charge is 2.45. The van der Waals surface area contributed by atoms with Crippen LogP contribution in [0.5, 0.6) is 5.75 Å². The van der Waals surface area contributed by atoms with Crippen molar-refractivity contribution < 1.29 is 19.1 Å². The number of nitrogens with zero attached hydrogens (tertiary/aromatic N) is 2. The molecule has 38 heavy (non-hydrogen) atoms. The highest BCUT2D eigenvalue weighted by atomic mass is 16.5. The highest BCUT2D eigenvalue weighted by Crippen LogP contribution is 2.41. The van der Waals surface area contributed by atoms with E-state index < -0.39 is 17.1 Å². The summed E-state index contributed by atoms with van der Waals surface area (Å²) < 4.78 is 12.2. The average molecular weight is 521 g/mol. The van der Waals surface area contributed by atoms with Crippen LogP contribution in [0, 0.1) is 17.8 Å². The molecule has 1 aliphatic carbocycles. The minimum absolute atomic E-state index is 0.0403. The van der Waals surface area contributed by atoms with Crippen LogP contribution in [-0.4, -0.2) is 46.5 Å². The zero-order valence-corrected chi connectivity index (χ0v) is 23.3. The molecule has 0 spiro atoms. The van der Waals surface area contributed by atoms with E-state index in [2.05, 4.69) is 19.2 Å². The maximum Gasteiger partial charge on any atom is 0.232 e. The van der Waals surface area contributed by atoms with Gasteiger partial charge in [0.05, 0.1) is 36.6 Å². The molecule has 3 aliphatic heterocycles. The van der Waals surface area contributed by atoms with Gasteiger partial charge in [0.1, 0.15) is 17.1 Å². The Morgan fingerprint density at radius 1 is 1.21 bits per heavy atom. The van der Waals surface area contributed by atoms with Crippen molar-refractivity contribution in [1.82, 2.24) is 10.2 Å². The number of carbonyl (C=O) groups is 2. The van der Waals surface area contributed by atoms with Gasteiger partial charge in [-0.3, -0.25) is 14.5 Å². The van der Waals surface area contributed by atoms with Crippen LogP contribution in [0.2, 0.25) is 0 Å². The number of fused-ring (bicyclic) bond motifs is 2. The molecule has 5 atom stereocenters. The molecule has 1 fully saturated rings. The number of para-hydroxylation sites is 1. The summed E-state index contributed by atoms with van der Waals surface area (Å²) in [6.45, 7) is 12.7. The topological polar surface area (TPSA) is 106 Å². The fraction of sp³-hybridized carbons (Fsp3) is 0.567. The van der Waals surface area contributed by atoms with Gasteiger partial charge in [-0.1, -0.05) is 45.0 Å². The summed E-state index contributed by atoms with van der Waals surface area (Å²) in [6, 6.07) is 7.41. The van der Waals surface area contributed by atoms with Gasteiger partial charge in [-0.15, -0.1) is 0 Å². The van der Waals surface area contributed by atoms with Crippen LogP contribution in [0.1, 0.15) is 72.4 Å². The summed E-state index contributed by atoms with van der Waals surface area (Å²) in [7, 11) is 0. The van der Waals surface area contributed by atoms with Crippen molar-refractivity contribution >= 4 is 17.8 Å². The smallest absolute Gasteiger partial charge is 0.232 e. The molecule has 8 nitrogen and oxygen atoms in total. The summed E-state index contributed by atoms with van der Waals surface area (Å²) in [5.74, 6) is 1.39. The van der Waals surface area contributed by atoms with E-state index in [0.29, 0.717) is 25.9 Å². The van der Waals surface area contributed by atoms with Crippen molar-refractivity contribution in [2.45, 2.75) is 84.0 Å². The van der Waals surface area contributed by atoms with Crippen molar-refractivity contribution in [1.29, 1.82) is 0 Å². The molecule has 1 aromatic rings. The van der Waals surface area contributed by atoms with Crippen LogP contribution >= 0.6 is 0 Å². The molecule has 1 aromatic carbocycles. The second-order valence-corrected chi connectivity index (χ2v) is 12.3. The van der Waals surface area contributed by atoms with E-state index in [1.54, 1.807) is 4.90 Å². The number of amides is 2. The third kappa shape index (κ3) is 4.69. The lowest BCUT2D eigenvalue weighted by atomic mass is 9.80. The van der Waals surface area contributed by atoms with Gasteiger partial charge in [0.15, 0.2) is 5.96 Å². The van der Waals surface area contributed by atoms with E-state index in [0.717, 1.165) is 22.6 Å². The number of hydrogen-bond donors (Lipinski definition) is 2. The van der Waals surface area contributed by atoms with Gasteiger partial charge < -0.3 is 20.5 Å². The SMILES string of the molecule is CC1C=C2OCC[C@@H](N3C(=O)C[C@@](C)(C(C)C)N=C3N)C2=CC1C(=O)N[C@H]1CC(C)(C)Oc2ccccc21. The van der Waals surface area contributed by atoms with Gasteiger partial charge in [0.25, 0.3) is 0 Å². The molecule has 0 aromatic heterocycles. The Kier molecular flexibility index (Phi) is 6.56. The van der Waals surface area contributed by atoms with Crippen LogP contribution in [0.25, 0.3) is 0 Å². The first-order chi connectivity index (χ1) is 17.9. The summed E-state index contributed by atoms with van der Waals surface area (Å²) in [4.78, 5) is 33.5. The van der Waals surface area contributed by atoms with Gasteiger partial charge in [0.2, 0.25) is 11.8 Å². The van der Waals surface area contributed by atoms with Crippen LogP contribution in [0.3, 0.4) is 0 Å². The molecule has 4 aliphatic rings. The first-order valence-electron chi connectivity index (χ1n) is 13.7. The normalized spacial score (nSPS) is 32.1. The predicted molar refractivity (Wildman–Crippen MR) is 146 cm³/mol. The third-order valence-electron chi connectivity index (χ3n) is 8.58. The van der Waals surface area contributed by atoms with Crippen molar-refractivity contribution in [3.05, 3.63) is 53.3 Å². The van der Waals surface area contributed by atoms with Gasteiger partial charge in [-0.25, -0.2) is 4.99 Å². The van der Waals surface area contributed by atoms with E-state index in [1.807, 2.05) is 64.1 Å². The van der Waals surface area contributed by atoms with Crippen molar-refractivity contribution in [3.8, 4) is 5.75 Å². The number of benzene rings is 1. The van der Waals surface area contributed by atoms with Crippen LogP contribution in [0.15, 0.2) is 52.7 Å². The molecule has 2 amide bonds. The Hall–Kier alpha value is -3.29. The van der Waals surface area contributed by atoms with Gasteiger partial charge in [-0.05, 0) is 44.7 Å². The van der Waals surface area contributed by atoms with Crippen LogP contribution in [0.4, 0.5) is 0 Å². The van der Waals surface area contributed by atoms with E-state index in [9.17, 15) is 9.59 Å². The van der Waals surface area contributed by atoms with Crippen LogP contribution < -0.4 is 15.8 Å². The molecule has 0 bridgehead atoms. The number of aliphatic imine (C=N–C) groups is 1. The molecule has 5 rings (SSSR count). The molecular formula is C30H40N4O4. The summed E-state index contributed by atoms with van der Waals surface area (Å²) >= 11 is 0. The summed E-state index contributed by atoms with van der Waals surface area (Å²) in [5, 5.41) is 3.30. The molecule has 8 heteroatoms. The molecule has 0 saturated carbocycles. The molecule has 0 radical (unpaired) electrons. The van der Waals surface area contributed by atoms with E-state index in [1.165, 1.54) is 0 Å². The number of guanidine groups is 1. The number of nitrogens with two attached hydrogens (primary N) is 1. The number of nitrogens with one attached hydrogen (secondary N) is 1. The summed E-state index contributed by atoms with van der Waals surface area (Å²) in [5.41, 5.74) is 7.34. The number of rotatable bonds is 4. The van der Waals surface area contributed by atoms with E-state index in [-0.39, 0.29) is 41.7 Å². The maximum atomic E-state index is 13.7. The zero-order chi connectivity index (χ0) is 27.4. The Labute approximate surface area is 225 Å². The second-order valence-electron chi connectivity index (χ2n) is 12.3. The minimum Gasteiger partial charge on any atom is -0.493 e. The zero-order valence-electron chi connectivity index (χ0n) is 23.3. The molecular weight excluding hydrogens is 480 g/mol. The first-order valence-corrected chi connectivity index (χ1v) is 13.7. The number of allylic oxidation sites excluding steroid dienone is 1. The van der Waals surface area contributed by atoms with Crippen molar-refractivity contribution in [2.75, 3.05) is 6.61 Å². The van der Waals surface area contributed by atoms with Crippen LogP contribution in [-0.2, 0) is 14.3 Å². The molecule has 2 unspecified atom stereocenters. The number of ether oxygens (including phenoxy) is 2. The average Bonchev–Trinajstić information content (AvgIpc) is 2.82. The fourth-order valence-electron chi connectivity index (χ4n) is 6.03. The largest absolute Gasteiger partial charge is 0.493 e. The quantitative estimate of drug-likeness (QED) is 0.618. The van der Waals surface area contributed by atoms with Gasteiger partial charge >= 0.3 is 0 Å². The van der Waals surface area contributed by atoms with Gasteiger partial charge in [0, 0.05) is 24.0 Å². The van der Waals surface area contributed by atoms with Gasteiger partial charge in [-0.2, -0.15) is 0 Å². The number of hydrogen-bond acceptors (Lipinski definition) is 6. The molecule has 3 N–H and O–H groups in total. The Balaban J connectivity index is 1.42. The first kappa shape index (κ1) is 26.3. The predicted octanol–water partition coefficient (Wildman–Crippen LogP) is 4.23. The van der Waals surface area contributed by atoms with E-state index >= 15 is 0 Å². The fourth-order valence-corrected chi connectivity index (χ4v) is 6.03. The monoisotopic (exact) mass is 520 g/mol. The maximum absolute atomic E-state index is 13.7. The Morgan fingerprint density at radius 3 is 2.66 bits per heavy atom. The summed E-state index contributed by atoms with van der Waals surface area (Å²) in [6.07, 6.45) is 5.55. The lowest BCUT2D eigenvalue weighted by molar-refractivity contribution is -0.131. The Bertz CT molecular complexity index is 1230. The standard InChI is InChI=1S/C30H40N4O4/c1-17(2)30(6)16-26(35)34(28(31)33-30)23-11-12-37-25-13-18(3)20(14-21(23)25)27(36)32-22-15-29(4,5)38-24-10-8-7-9-19(22)24/h7-10,13-14,17-18,20,22-23H,11-12,15-16H2,1-6H3,(H2,31,33)(H,32,36)/t18?,20?,22-,23+,30-/m0/s1. The molecule has 1 saturated heterocycles. The lowest BCUT2D eigenvalue weighted by Gasteiger charge is -2.44. The lowest BCUT2D eigenvalue weighted by Crippen LogP contribution is -2.57. The second kappa shape index (κ2) is 9.47. The van der Waals surface area contributed by atoms with E-state index in [4.69, 9.17) is 20.2 Å². The third-order valence-corrected chi connectivity index (χ3v) is 8.58.